The van der Waals surface area contributed by atoms with Crippen molar-refractivity contribution in [3.05, 3.63) is 53.6 Å². The van der Waals surface area contributed by atoms with E-state index in [1.165, 1.54) is 12.3 Å². The summed E-state index contributed by atoms with van der Waals surface area (Å²) in [5.41, 5.74) is 7.68. The number of benzene rings is 1. The van der Waals surface area contributed by atoms with Gasteiger partial charge in [0.1, 0.15) is 5.82 Å². The molecule has 2 aromatic rings. The molecule has 4 nitrogen and oxygen atoms in total. The largest absolute Gasteiger partial charge is 0.398 e. The van der Waals surface area contributed by atoms with Crippen molar-refractivity contribution >= 4 is 17.3 Å². The van der Waals surface area contributed by atoms with E-state index in [4.69, 9.17) is 5.73 Å². The van der Waals surface area contributed by atoms with Crippen LogP contribution in [0.1, 0.15) is 15.9 Å². The van der Waals surface area contributed by atoms with Crippen LogP contribution in [0.25, 0.3) is 0 Å². The molecule has 0 radical (unpaired) electrons. The summed E-state index contributed by atoms with van der Waals surface area (Å²) in [5.74, 6) is -0.895. The van der Waals surface area contributed by atoms with Gasteiger partial charge in [-0.15, -0.1) is 0 Å². The van der Waals surface area contributed by atoms with Crippen molar-refractivity contribution in [3.63, 3.8) is 0 Å². The van der Waals surface area contributed by atoms with Crippen LogP contribution >= 0.6 is 0 Å². The van der Waals surface area contributed by atoms with Crippen LogP contribution in [-0.2, 0) is 0 Å². The molecule has 2 rings (SSSR count). The molecule has 1 heterocycles. The Labute approximate surface area is 104 Å². The van der Waals surface area contributed by atoms with Crippen LogP contribution in [0.2, 0.25) is 0 Å². The fraction of sp³-hybridized carbons (Fsp3) is 0.0769. The number of nitrogens with two attached hydrogens (primary N) is 1. The Balaban J connectivity index is 2.24. The van der Waals surface area contributed by atoms with Gasteiger partial charge in [-0.2, -0.15) is 0 Å². The summed E-state index contributed by atoms with van der Waals surface area (Å²) >= 11 is 0. The first-order valence-corrected chi connectivity index (χ1v) is 5.34. The maximum Gasteiger partial charge on any atom is 0.257 e. The molecule has 92 valence electrons. The zero-order valence-corrected chi connectivity index (χ0v) is 9.77. The molecule has 0 aliphatic carbocycles. The van der Waals surface area contributed by atoms with Crippen LogP contribution in [0, 0.1) is 12.7 Å². The zero-order valence-electron chi connectivity index (χ0n) is 9.77. The van der Waals surface area contributed by atoms with Crippen molar-refractivity contribution in [1.29, 1.82) is 0 Å². The average molecular weight is 245 g/mol. The van der Waals surface area contributed by atoms with Crippen molar-refractivity contribution in [2.45, 2.75) is 6.92 Å². The van der Waals surface area contributed by atoms with Gasteiger partial charge in [-0.05, 0) is 19.1 Å². The maximum absolute atomic E-state index is 12.9. The number of nitrogens with zero attached hydrogens (tertiary/aromatic N) is 1. The minimum Gasteiger partial charge on any atom is -0.398 e. The molecule has 0 aliphatic heterocycles. The van der Waals surface area contributed by atoms with E-state index in [2.05, 4.69) is 10.3 Å². The highest BCUT2D eigenvalue weighted by atomic mass is 19.1. The van der Waals surface area contributed by atoms with Crippen molar-refractivity contribution < 1.29 is 9.18 Å². The third-order valence-corrected chi connectivity index (χ3v) is 2.42. The van der Waals surface area contributed by atoms with Gasteiger partial charge in [0, 0.05) is 11.8 Å². The summed E-state index contributed by atoms with van der Waals surface area (Å²) in [7, 11) is 0. The molecule has 0 fully saturated rings. The van der Waals surface area contributed by atoms with E-state index in [0.717, 1.165) is 11.8 Å². The predicted molar refractivity (Wildman–Crippen MR) is 67.7 cm³/mol. The number of anilines is 2. The van der Waals surface area contributed by atoms with Crippen LogP contribution in [0.15, 0.2) is 36.7 Å². The van der Waals surface area contributed by atoms with E-state index in [1.54, 1.807) is 12.1 Å². The van der Waals surface area contributed by atoms with Gasteiger partial charge in [0.25, 0.3) is 5.91 Å². The topological polar surface area (TPSA) is 68.0 Å². The Hall–Kier alpha value is -2.43. The minimum absolute atomic E-state index is 0.293. The highest BCUT2D eigenvalue weighted by Gasteiger charge is 2.10. The number of nitrogens with one attached hydrogen (secondary N) is 1. The normalized spacial score (nSPS) is 10.1. The fourth-order valence-electron chi connectivity index (χ4n) is 1.55. The van der Waals surface area contributed by atoms with E-state index in [9.17, 15) is 9.18 Å². The molecule has 0 atom stereocenters. The summed E-state index contributed by atoms with van der Waals surface area (Å²) in [6.07, 6.45) is 2.43. The molecule has 1 aromatic heterocycles. The van der Waals surface area contributed by atoms with Crippen LogP contribution in [0.3, 0.4) is 0 Å². The molecular weight excluding hydrogens is 233 g/mol. The Morgan fingerprint density at radius 2 is 2.11 bits per heavy atom. The monoisotopic (exact) mass is 245 g/mol. The number of aryl methyl sites for hydroxylation is 1. The standard InChI is InChI=1S/C13H12FN3O/c1-8-2-3-12(15)11(4-8)13(18)17-10-5-9(14)6-16-7-10/h2-7H,15H2,1H3,(H,17,18). The SMILES string of the molecule is Cc1ccc(N)c(C(=O)Nc2cncc(F)c2)c1. The highest BCUT2D eigenvalue weighted by Crippen LogP contribution is 2.16. The minimum atomic E-state index is -0.509. The van der Waals surface area contributed by atoms with Gasteiger partial charge in [-0.1, -0.05) is 11.6 Å². The molecular formula is C13H12FN3O. The quantitative estimate of drug-likeness (QED) is 0.798. The Morgan fingerprint density at radius 1 is 1.33 bits per heavy atom. The van der Waals surface area contributed by atoms with E-state index >= 15 is 0 Å². The highest BCUT2D eigenvalue weighted by molar-refractivity contribution is 6.07. The molecule has 1 aromatic carbocycles. The van der Waals surface area contributed by atoms with Crippen molar-refractivity contribution in [3.8, 4) is 0 Å². The number of hydrogen-bond acceptors (Lipinski definition) is 3. The van der Waals surface area contributed by atoms with Crippen LogP contribution in [0.4, 0.5) is 15.8 Å². The summed E-state index contributed by atoms with van der Waals surface area (Å²) in [4.78, 5) is 15.6. The van der Waals surface area contributed by atoms with Crippen molar-refractivity contribution in [2.75, 3.05) is 11.1 Å². The Morgan fingerprint density at radius 3 is 2.83 bits per heavy atom. The molecule has 1 amide bonds. The van der Waals surface area contributed by atoms with Gasteiger partial charge in [0.15, 0.2) is 0 Å². The van der Waals surface area contributed by atoms with E-state index in [0.29, 0.717) is 16.9 Å². The third kappa shape index (κ3) is 2.63. The smallest absolute Gasteiger partial charge is 0.257 e. The van der Waals surface area contributed by atoms with E-state index in [-0.39, 0.29) is 5.91 Å². The number of pyridine rings is 1. The van der Waals surface area contributed by atoms with E-state index in [1.807, 2.05) is 13.0 Å². The van der Waals surface area contributed by atoms with Crippen LogP contribution < -0.4 is 11.1 Å². The average Bonchev–Trinajstić information content (AvgIpc) is 2.32. The molecule has 0 spiro atoms. The summed E-state index contributed by atoms with van der Waals surface area (Å²) in [5, 5.41) is 2.55. The lowest BCUT2D eigenvalue weighted by Crippen LogP contribution is -2.14. The number of rotatable bonds is 2. The van der Waals surface area contributed by atoms with Crippen molar-refractivity contribution in [2.24, 2.45) is 0 Å². The molecule has 0 unspecified atom stereocenters. The number of aromatic nitrogens is 1. The fourth-order valence-corrected chi connectivity index (χ4v) is 1.55. The number of nitrogen functional groups attached to an aromatic ring is 1. The molecule has 3 N–H and O–H groups in total. The first kappa shape index (κ1) is 12.0. The predicted octanol–water partition coefficient (Wildman–Crippen LogP) is 2.36. The number of hydrogen-bond donors (Lipinski definition) is 2. The lowest BCUT2D eigenvalue weighted by Gasteiger charge is -2.08. The Bertz CT molecular complexity index is 599. The molecule has 0 aliphatic rings. The zero-order chi connectivity index (χ0) is 13.1. The molecule has 5 heteroatoms. The van der Waals surface area contributed by atoms with E-state index < -0.39 is 5.82 Å². The lowest BCUT2D eigenvalue weighted by molar-refractivity contribution is 0.102. The summed E-state index contributed by atoms with van der Waals surface area (Å²) in [6, 6.07) is 6.35. The summed E-state index contributed by atoms with van der Waals surface area (Å²) < 4.78 is 12.9. The first-order valence-electron chi connectivity index (χ1n) is 5.34. The number of amides is 1. The first-order chi connectivity index (χ1) is 8.56. The van der Waals surface area contributed by atoms with Gasteiger partial charge < -0.3 is 11.1 Å². The molecule has 0 saturated carbocycles. The van der Waals surface area contributed by atoms with Crippen LogP contribution in [-0.4, -0.2) is 10.9 Å². The van der Waals surface area contributed by atoms with Crippen molar-refractivity contribution in [1.82, 2.24) is 4.98 Å². The molecule has 0 saturated heterocycles. The lowest BCUT2D eigenvalue weighted by atomic mass is 10.1. The van der Waals surface area contributed by atoms with Gasteiger partial charge in [0.05, 0.1) is 23.6 Å². The van der Waals surface area contributed by atoms with Crippen LogP contribution in [0.5, 0.6) is 0 Å². The summed E-state index contributed by atoms with van der Waals surface area (Å²) in [6.45, 7) is 1.86. The molecule has 18 heavy (non-hydrogen) atoms. The second-order valence-corrected chi connectivity index (χ2v) is 3.94. The van der Waals surface area contributed by atoms with Gasteiger partial charge in [0.2, 0.25) is 0 Å². The molecule has 0 bridgehead atoms. The van der Waals surface area contributed by atoms with Gasteiger partial charge in [-0.25, -0.2) is 4.39 Å². The maximum atomic E-state index is 12.9. The third-order valence-electron chi connectivity index (χ3n) is 2.42. The second-order valence-electron chi connectivity index (χ2n) is 3.94. The van der Waals surface area contributed by atoms with Gasteiger partial charge in [-0.3, -0.25) is 9.78 Å². The number of carbonyl (C=O) groups excluding carboxylic acids is 1. The second kappa shape index (κ2) is 4.83. The number of halogens is 1. The number of carbonyl (C=O) groups is 1. The van der Waals surface area contributed by atoms with Gasteiger partial charge >= 0.3 is 0 Å². The Kier molecular flexibility index (Phi) is 3.23.